The van der Waals surface area contributed by atoms with Gasteiger partial charge >= 0.3 is 18.5 Å². The van der Waals surface area contributed by atoms with E-state index in [1.807, 2.05) is 0 Å². The molecule has 0 amide bonds. The summed E-state index contributed by atoms with van der Waals surface area (Å²) in [5.74, 6) is -2.77. The second-order valence-corrected chi connectivity index (χ2v) is 3.75. The van der Waals surface area contributed by atoms with E-state index in [1.165, 1.54) is 0 Å². The van der Waals surface area contributed by atoms with Crippen molar-refractivity contribution in [3.63, 3.8) is 0 Å². The molecule has 0 radical (unpaired) electrons. The van der Waals surface area contributed by atoms with Crippen LogP contribution in [-0.2, 0) is 23.9 Å². The molecule has 1 aromatic rings. The molecule has 118 valence electrons. The van der Waals surface area contributed by atoms with Gasteiger partial charge in [-0.25, -0.2) is 4.98 Å². The third kappa shape index (κ3) is 4.48. The van der Waals surface area contributed by atoms with Crippen molar-refractivity contribution in [2.75, 3.05) is 0 Å². The number of hydrogen-bond acceptors (Lipinski definition) is 4. The smallest absolute Gasteiger partial charge is 0.481 e. The Balaban J connectivity index is 3.50. The minimum absolute atomic E-state index is 0.174. The van der Waals surface area contributed by atoms with Gasteiger partial charge in [0.2, 0.25) is 0 Å². The van der Waals surface area contributed by atoms with Crippen LogP contribution in [0.5, 0.6) is 5.75 Å². The van der Waals surface area contributed by atoms with Gasteiger partial charge in [0.1, 0.15) is 5.69 Å². The van der Waals surface area contributed by atoms with Gasteiger partial charge in [-0.3, -0.25) is 4.79 Å². The minimum Gasteiger partial charge on any atom is -0.481 e. The van der Waals surface area contributed by atoms with Crippen LogP contribution in [0, 0.1) is 0 Å². The lowest BCUT2D eigenvalue weighted by Crippen LogP contribution is -2.23. The molecule has 3 N–H and O–H groups in total. The van der Waals surface area contributed by atoms with E-state index in [0.29, 0.717) is 0 Å². The molecule has 11 heteroatoms. The summed E-state index contributed by atoms with van der Waals surface area (Å²) in [7, 11) is 0. The highest BCUT2D eigenvalue weighted by Crippen LogP contribution is 2.36. The predicted octanol–water partition coefficient (Wildman–Crippen LogP) is 2.08. The van der Waals surface area contributed by atoms with Crippen molar-refractivity contribution in [3.05, 3.63) is 23.0 Å². The van der Waals surface area contributed by atoms with Gasteiger partial charge in [-0.15, -0.1) is 13.2 Å². The summed E-state index contributed by atoms with van der Waals surface area (Å²) in [6.07, 6.45) is -11.1. The van der Waals surface area contributed by atoms with Gasteiger partial charge in [0.15, 0.2) is 5.75 Å². The second kappa shape index (κ2) is 5.76. The number of alkyl halides is 6. The van der Waals surface area contributed by atoms with Crippen molar-refractivity contribution in [1.29, 1.82) is 0 Å². The standard InChI is InChI=1S/C10H8F6N2O3/c11-9(12,13)8-5(2-17)4(1-7(19)20)6(3-18-8)21-10(14,15)16/h3H,1-2,17H2,(H,19,20). The third-order valence-corrected chi connectivity index (χ3v) is 2.28. The molecule has 0 atom stereocenters. The molecule has 5 nitrogen and oxygen atoms in total. The Labute approximate surface area is 113 Å². The molecule has 21 heavy (non-hydrogen) atoms. The average Bonchev–Trinajstić information content (AvgIpc) is 2.26. The Morgan fingerprint density at radius 3 is 2.19 bits per heavy atom. The van der Waals surface area contributed by atoms with Crippen molar-refractivity contribution >= 4 is 5.97 Å². The molecular weight excluding hydrogens is 310 g/mol. The summed E-state index contributed by atoms with van der Waals surface area (Å²) in [6.45, 7) is -0.848. The quantitative estimate of drug-likeness (QED) is 0.830. The molecule has 0 saturated heterocycles. The Morgan fingerprint density at radius 1 is 1.24 bits per heavy atom. The highest BCUT2D eigenvalue weighted by molar-refractivity contribution is 5.72. The number of carboxylic acids is 1. The first kappa shape index (κ1) is 17.0. The Kier molecular flexibility index (Phi) is 4.66. The van der Waals surface area contributed by atoms with Crippen molar-refractivity contribution in [2.24, 2.45) is 5.73 Å². The number of carboxylic acid groups (broad SMARTS) is 1. The van der Waals surface area contributed by atoms with Crippen LogP contribution in [0.25, 0.3) is 0 Å². The van der Waals surface area contributed by atoms with Crippen LogP contribution in [0.15, 0.2) is 6.20 Å². The molecule has 0 spiro atoms. The SMILES string of the molecule is NCc1c(C(F)(F)F)ncc(OC(F)(F)F)c1CC(=O)O. The number of carbonyl (C=O) groups is 1. The Morgan fingerprint density at radius 2 is 1.81 bits per heavy atom. The van der Waals surface area contributed by atoms with Gasteiger partial charge in [0.05, 0.1) is 12.6 Å². The van der Waals surface area contributed by atoms with Gasteiger partial charge < -0.3 is 15.6 Å². The fraction of sp³-hybridized carbons (Fsp3) is 0.400. The van der Waals surface area contributed by atoms with Gasteiger partial charge in [0.25, 0.3) is 0 Å². The monoisotopic (exact) mass is 318 g/mol. The number of pyridine rings is 1. The first-order valence-corrected chi connectivity index (χ1v) is 5.21. The van der Waals surface area contributed by atoms with Crippen LogP contribution < -0.4 is 10.5 Å². The summed E-state index contributed by atoms with van der Waals surface area (Å²) in [5.41, 5.74) is 1.87. The number of ether oxygens (including phenoxy) is 1. The first-order valence-electron chi connectivity index (χ1n) is 5.21. The normalized spacial score (nSPS) is 12.3. The molecule has 0 saturated carbocycles. The molecule has 0 aliphatic rings. The molecule has 1 rings (SSSR count). The van der Waals surface area contributed by atoms with Crippen LogP contribution >= 0.6 is 0 Å². The fourth-order valence-corrected chi connectivity index (χ4v) is 1.59. The maximum atomic E-state index is 12.7. The molecule has 0 aromatic carbocycles. The second-order valence-electron chi connectivity index (χ2n) is 3.75. The molecule has 1 aromatic heterocycles. The molecule has 0 fully saturated rings. The van der Waals surface area contributed by atoms with Crippen LogP contribution in [0.2, 0.25) is 0 Å². The largest absolute Gasteiger partial charge is 0.573 e. The zero-order valence-electron chi connectivity index (χ0n) is 10.0. The van der Waals surface area contributed by atoms with E-state index in [4.69, 9.17) is 10.8 Å². The summed E-state index contributed by atoms with van der Waals surface area (Å²) in [4.78, 5) is 13.5. The number of hydrogen-bond donors (Lipinski definition) is 2. The van der Waals surface area contributed by atoms with Crippen LogP contribution in [-0.4, -0.2) is 22.4 Å². The van der Waals surface area contributed by atoms with Crippen molar-refractivity contribution in [2.45, 2.75) is 25.5 Å². The number of rotatable bonds is 4. The van der Waals surface area contributed by atoms with Crippen LogP contribution in [0.4, 0.5) is 26.3 Å². The summed E-state index contributed by atoms with van der Waals surface area (Å²) >= 11 is 0. The maximum absolute atomic E-state index is 12.7. The Bertz CT molecular complexity index is 541. The van der Waals surface area contributed by atoms with E-state index >= 15 is 0 Å². The molecular formula is C10H8F6N2O3. The topological polar surface area (TPSA) is 85.4 Å². The molecule has 1 heterocycles. The van der Waals surface area contributed by atoms with Crippen molar-refractivity contribution < 1.29 is 41.0 Å². The number of nitrogens with zero attached hydrogens (tertiary/aromatic N) is 1. The number of halogens is 6. The molecule has 0 aliphatic carbocycles. The third-order valence-electron chi connectivity index (χ3n) is 2.28. The summed E-state index contributed by atoms with van der Waals surface area (Å²) in [5, 5.41) is 8.62. The highest BCUT2D eigenvalue weighted by Gasteiger charge is 2.39. The average molecular weight is 318 g/mol. The van der Waals surface area contributed by atoms with E-state index in [0.717, 1.165) is 0 Å². The fourth-order valence-electron chi connectivity index (χ4n) is 1.59. The van der Waals surface area contributed by atoms with E-state index in [9.17, 15) is 31.1 Å². The van der Waals surface area contributed by atoms with E-state index in [1.54, 1.807) is 0 Å². The Hall–Kier alpha value is -2.04. The summed E-state index contributed by atoms with van der Waals surface area (Å²) in [6, 6.07) is 0. The van der Waals surface area contributed by atoms with Crippen molar-refractivity contribution in [3.8, 4) is 5.75 Å². The number of nitrogens with two attached hydrogens (primary N) is 1. The zero-order valence-corrected chi connectivity index (χ0v) is 10.0. The highest BCUT2D eigenvalue weighted by atomic mass is 19.4. The minimum atomic E-state index is -5.21. The molecule has 0 aliphatic heterocycles. The first-order chi connectivity index (χ1) is 9.45. The van der Waals surface area contributed by atoms with Crippen LogP contribution in [0.1, 0.15) is 16.8 Å². The lowest BCUT2D eigenvalue weighted by molar-refractivity contribution is -0.275. The lowest BCUT2D eigenvalue weighted by Gasteiger charge is -2.18. The molecule has 0 unspecified atom stereocenters. The maximum Gasteiger partial charge on any atom is 0.573 e. The van der Waals surface area contributed by atoms with E-state index < -0.39 is 54.0 Å². The molecule has 0 bridgehead atoms. The van der Waals surface area contributed by atoms with Crippen LogP contribution in [0.3, 0.4) is 0 Å². The van der Waals surface area contributed by atoms with Gasteiger partial charge in [-0.1, -0.05) is 0 Å². The van der Waals surface area contributed by atoms with Gasteiger partial charge in [0, 0.05) is 17.7 Å². The van der Waals surface area contributed by atoms with E-state index in [2.05, 4.69) is 9.72 Å². The van der Waals surface area contributed by atoms with Gasteiger partial charge in [-0.2, -0.15) is 13.2 Å². The van der Waals surface area contributed by atoms with Crippen molar-refractivity contribution in [1.82, 2.24) is 4.98 Å². The number of aliphatic carboxylic acids is 1. The predicted molar refractivity (Wildman–Crippen MR) is 55.2 cm³/mol. The zero-order chi connectivity index (χ0) is 16.4. The summed E-state index contributed by atoms with van der Waals surface area (Å²) < 4.78 is 78.1. The number of aromatic nitrogens is 1. The van der Waals surface area contributed by atoms with Gasteiger partial charge in [-0.05, 0) is 0 Å². The van der Waals surface area contributed by atoms with E-state index in [-0.39, 0.29) is 6.20 Å². The lowest BCUT2D eigenvalue weighted by atomic mass is 10.0.